The molecule has 3 heteroatoms. The van der Waals surface area contributed by atoms with Gasteiger partial charge in [0.15, 0.2) is 0 Å². The van der Waals surface area contributed by atoms with Crippen LogP contribution in [0, 0.1) is 0 Å². The molecule has 0 atom stereocenters. The van der Waals surface area contributed by atoms with E-state index in [2.05, 4.69) is 19.2 Å². The Kier molecular flexibility index (Phi) is 3.37. The van der Waals surface area contributed by atoms with Crippen LogP contribution in [0.3, 0.4) is 0 Å². The van der Waals surface area contributed by atoms with Crippen molar-refractivity contribution in [2.24, 2.45) is 0 Å². The van der Waals surface area contributed by atoms with Gasteiger partial charge < -0.3 is 10.3 Å². The van der Waals surface area contributed by atoms with E-state index >= 15 is 0 Å². The minimum atomic E-state index is -0.395. The van der Waals surface area contributed by atoms with Gasteiger partial charge in [0.2, 0.25) is 0 Å². The van der Waals surface area contributed by atoms with Crippen molar-refractivity contribution in [3.8, 4) is 0 Å². The molecular formula is C10H16BNO. The molecule has 2 nitrogen and oxygen atoms in total. The van der Waals surface area contributed by atoms with Crippen molar-refractivity contribution in [1.82, 2.24) is 0 Å². The van der Waals surface area contributed by atoms with Crippen LogP contribution >= 0.6 is 0 Å². The Balaban J connectivity index is 2.79. The Bertz CT molecular complexity index is 273. The molecule has 0 aromatic heterocycles. The van der Waals surface area contributed by atoms with E-state index in [1.807, 2.05) is 24.3 Å². The Morgan fingerprint density at radius 1 is 1.38 bits per heavy atom. The van der Waals surface area contributed by atoms with Gasteiger partial charge in [-0.1, -0.05) is 19.0 Å². The van der Waals surface area contributed by atoms with Crippen molar-refractivity contribution in [2.75, 3.05) is 5.32 Å². The van der Waals surface area contributed by atoms with Crippen molar-refractivity contribution >= 4 is 18.1 Å². The molecule has 1 aromatic carbocycles. The van der Waals surface area contributed by atoms with Crippen LogP contribution in [0.25, 0.3) is 0 Å². The molecule has 2 N–H and O–H groups in total. The fraction of sp³-hybridized carbons (Fsp3) is 0.400. The third kappa shape index (κ3) is 3.11. The summed E-state index contributed by atoms with van der Waals surface area (Å²) in [5.41, 5.74) is 2.01. The van der Waals surface area contributed by atoms with Crippen molar-refractivity contribution in [3.63, 3.8) is 0 Å². The van der Waals surface area contributed by atoms with Crippen LogP contribution in [-0.2, 0) is 0 Å². The Morgan fingerprint density at radius 2 is 2.08 bits per heavy atom. The Labute approximate surface area is 80.1 Å². The van der Waals surface area contributed by atoms with Gasteiger partial charge in [0, 0.05) is 11.7 Å². The molecule has 0 radical (unpaired) electrons. The van der Waals surface area contributed by atoms with E-state index in [4.69, 9.17) is 0 Å². The van der Waals surface area contributed by atoms with Gasteiger partial charge in [0.25, 0.3) is 0 Å². The summed E-state index contributed by atoms with van der Waals surface area (Å²) in [5.74, 6) is 0. The molecule has 70 valence electrons. The summed E-state index contributed by atoms with van der Waals surface area (Å²) in [6.45, 7) is 5.56. The van der Waals surface area contributed by atoms with E-state index in [9.17, 15) is 5.02 Å². The lowest BCUT2D eigenvalue weighted by Gasteiger charge is -2.11. The minimum Gasteiger partial charge on any atom is -0.446 e. The molecule has 0 unspecified atom stereocenters. The second kappa shape index (κ2) is 4.33. The molecule has 0 spiro atoms. The topological polar surface area (TPSA) is 32.3 Å². The summed E-state index contributed by atoms with van der Waals surface area (Å²) in [6, 6.07) is 8.28. The molecule has 1 aromatic rings. The first-order chi connectivity index (χ1) is 6.09. The minimum absolute atomic E-state index is 0.395. The standard InChI is InChI=1S/C10H16BNO/c1-8(2)12-10-6-4-5-9(7-10)11(3)13/h4-8,12-13H,1-3H3. The van der Waals surface area contributed by atoms with Gasteiger partial charge >= 0.3 is 6.92 Å². The smallest absolute Gasteiger partial charge is 0.320 e. The molecule has 0 heterocycles. The Morgan fingerprint density at radius 3 is 2.62 bits per heavy atom. The van der Waals surface area contributed by atoms with Gasteiger partial charge in [-0.15, -0.1) is 0 Å². The third-order valence-corrected chi connectivity index (χ3v) is 1.82. The third-order valence-electron chi connectivity index (χ3n) is 1.82. The average Bonchev–Trinajstić information content (AvgIpc) is 2.03. The second-order valence-electron chi connectivity index (χ2n) is 3.60. The lowest BCUT2D eigenvalue weighted by atomic mass is 9.64. The number of benzene rings is 1. The zero-order valence-corrected chi connectivity index (χ0v) is 8.41. The van der Waals surface area contributed by atoms with Crippen LogP contribution in [-0.4, -0.2) is 18.0 Å². The van der Waals surface area contributed by atoms with Gasteiger partial charge in [-0.05, 0) is 31.4 Å². The van der Waals surface area contributed by atoms with Crippen LogP contribution in [0.2, 0.25) is 6.82 Å². The highest BCUT2D eigenvalue weighted by molar-refractivity contribution is 6.64. The van der Waals surface area contributed by atoms with Crippen LogP contribution in [0.5, 0.6) is 0 Å². The summed E-state index contributed by atoms with van der Waals surface area (Å²) in [5, 5.41) is 12.6. The van der Waals surface area contributed by atoms with Gasteiger partial charge in [-0.25, -0.2) is 0 Å². The maximum Gasteiger partial charge on any atom is 0.320 e. The highest BCUT2D eigenvalue weighted by Gasteiger charge is 2.06. The maximum absolute atomic E-state index is 9.35. The molecule has 1 rings (SSSR count). The average molecular weight is 177 g/mol. The summed E-state index contributed by atoms with van der Waals surface area (Å²) in [7, 11) is 0. The lowest BCUT2D eigenvalue weighted by molar-refractivity contribution is 0.594. The van der Waals surface area contributed by atoms with E-state index in [1.165, 1.54) is 0 Å². The molecule has 0 aliphatic rings. The monoisotopic (exact) mass is 177 g/mol. The number of hydrogen-bond donors (Lipinski definition) is 2. The molecule has 0 amide bonds. The highest BCUT2D eigenvalue weighted by Crippen LogP contribution is 2.05. The summed E-state index contributed by atoms with van der Waals surface area (Å²) < 4.78 is 0. The summed E-state index contributed by atoms with van der Waals surface area (Å²) in [6.07, 6.45) is 0. The molecule has 0 aliphatic heterocycles. The van der Waals surface area contributed by atoms with Gasteiger partial charge in [0.1, 0.15) is 0 Å². The SMILES string of the molecule is CB(O)c1cccc(NC(C)C)c1. The summed E-state index contributed by atoms with van der Waals surface area (Å²) >= 11 is 0. The van der Waals surface area contributed by atoms with E-state index in [0.717, 1.165) is 11.2 Å². The van der Waals surface area contributed by atoms with Crippen molar-refractivity contribution < 1.29 is 5.02 Å². The molecular weight excluding hydrogens is 161 g/mol. The molecule has 0 bridgehead atoms. The van der Waals surface area contributed by atoms with Crippen molar-refractivity contribution in [1.29, 1.82) is 0 Å². The zero-order valence-electron chi connectivity index (χ0n) is 8.41. The predicted octanol–water partition coefficient (Wildman–Crippen LogP) is 1.33. The molecule has 0 saturated carbocycles. The molecule has 0 fully saturated rings. The zero-order chi connectivity index (χ0) is 9.84. The lowest BCUT2D eigenvalue weighted by Crippen LogP contribution is -2.26. The maximum atomic E-state index is 9.35. The van der Waals surface area contributed by atoms with Crippen LogP contribution in [0.1, 0.15) is 13.8 Å². The number of rotatable bonds is 3. The summed E-state index contributed by atoms with van der Waals surface area (Å²) in [4.78, 5) is 0. The van der Waals surface area contributed by atoms with Crippen LogP contribution < -0.4 is 10.8 Å². The van der Waals surface area contributed by atoms with Crippen LogP contribution in [0.4, 0.5) is 5.69 Å². The van der Waals surface area contributed by atoms with Crippen molar-refractivity contribution in [3.05, 3.63) is 24.3 Å². The first kappa shape index (κ1) is 10.1. The van der Waals surface area contributed by atoms with E-state index in [-0.39, 0.29) is 0 Å². The number of nitrogens with one attached hydrogen (secondary N) is 1. The van der Waals surface area contributed by atoms with Gasteiger partial charge in [-0.2, -0.15) is 0 Å². The van der Waals surface area contributed by atoms with E-state index < -0.39 is 6.92 Å². The largest absolute Gasteiger partial charge is 0.446 e. The van der Waals surface area contributed by atoms with E-state index in [0.29, 0.717) is 6.04 Å². The van der Waals surface area contributed by atoms with Crippen molar-refractivity contribution in [2.45, 2.75) is 26.7 Å². The molecule has 0 aliphatic carbocycles. The quantitative estimate of drug-likeness (QED) is 0.682. The molecule has 13 heavy (non-hydrogen) atoms. The van der Waals surface area contributed by atoms with E-state index in [1.54, 1.807) is 6.82 Å². The van der Waals surface area contributed by atoms with Gasteiger partial charge in [-0.3, -0.25) is 0 Å². The number of anilines is 1. The molecule has 0 saturated heterocycles. The van der Waals surface area contributed by atoms with Crippen LogP contribution in [0.15, 0.2) is 24.3 Å². The normalized spacial score (nSPS) is 10.2. The fourth-order valence-electron chi connectivity index (χ4n) is 1.22. The Hall–Kier alpha value is -0.955. The second-order valence-corrected chi connectivity index (χ2v) is 3.60. The van der Waals surface area contributed by atoms with Gasteiger partial charge in [0.05, 0.1) is 0 Å². The fourth-order valence-corrected chi connectivity index (χ4v) is 1.22. The first-order valence-electron chi connectivity index (χ1n) is 4.64. The number of hydrogen-bond acceptors (Lipinski definition) is 2. The highest BCUT2D eigenvalue weighted by atomic mass is 16.2. The first-order valence-corrected chi connectivity index (χ1v) is 4.64. The predicted molar refractivity (Wildman–Crippen MR) is 58.7 cm³/mol.